The van der Waals surface area contributed by atoms with Crippen LogP contribution in [0.2, 0.25) is 0 Å². The maximum Gasteiger partial charge on any atom is 0.407 e. The molecule has 0 radical (unpaired) electrons. The maximum atomic E-state index is 10.8. The number of carbonyl (C=O) groups excluding carboxylic acids is 1. The van der Waals surface area contributed by atoms with Gasteiger partial charge in [-0.25, -0.2) is 4.79 Å². The number of amides is 1. The van der Waals surface area contributed by atoms with E-state index < -0.39 is 11.7 Å². The van der Waals surface area contributed by atoms with Crippen molar-refractivity contribution in [3.8, 4) is 0 Å². The number of hydrogen-bond donors (Lipinski definition) is 2. The van der Waals surface area contributed by atoms with E-state index >= 15 is 0 Å². The Morgan fingerprint density at radius 1 is 1.15 bits per heavy atom. The van der Waals surface area contributed by atoms with Crippen molar-refractivity contribution in [2.75, 3.05) is 13.2 Å². The molecule has 4 nitrogen and oxygen atoms in total. The quantitative estimate of drug-likeness (QED) is 0.810. The summed E-state index contributed by atoms with van der Waals surface area (Å²) in [6, 6.07) is 0. The highest BCUT2D eigenvalue weighted by atomic mass is 16.6. The van der Waals surface area contributed by atoms with Crippen molar-refractivity contribution in [3.63, 3.8) is 0 Å². The topological polar surface area (TPSA) is 58.6 Å². The van der Waals surface area contributed by atoms with Crippen molar-refractivity contribution < 1.29 is 14.6 Å². The number of carbonyl (C=O) groups is 1. The molecule has 1 amide bonds. The Labute approximate surface area is 124 Å². The van der Waals surface area contributed by atoms with Crippen molar-refractivity contribution in [1.82, 2.24) is 5.32 Å². The van der Waals surface area contributed by atoms with Crippen molar-refractivity contribution in [2.24, 2.45) is 5.92 Å². The Balaban J connectivity index is 0.000000367. The van der Waals surface area contributed by atoms with Crippen LogP contribution in [0.5, 0.6) is 0 Å². The van der Waals surface area contributed by atoms with E-state index in [2.05, 4.69) is 12.2 Å². The molecular weight excluding hydrogens is 254 g/mol. The predicted molar refractivity (Wildman–Crippen MR) is 82.8 cm³/mol. The molecule has 0 heterocycles. The molecule has 0 bridgehead atoms. The van der Waals surface area contributed by atoms with Crippen molar-refractivity contribution in [3.05, 3.63) is 0 Å². The summed E-state index contributed by atoms with van der Waals surface area (Å²) < 4.78 is 4.88. The van der Waals surface area contributed by atoms with Crippen LogP contribution in [0.25, 0.3) is 0 Å². The highest BCUT2D eigenvalue weighted by molar-refractivity contribution is 5.67. The van der Waals surface area contributed by atoms with Crippen LogP contribution in [-0.2, 0) is 4.74 Å². The van der Waals surface area contributed by atoms with Gasteiger partial charge in [0, 0.05) is 6.54 Å². The van der Waals surface area contributed by atoms with E-state index in [1.54, 1.807) is 20.8 Å². The first-order valence-corrected chi connectivity index (χ1v) is 7.93. The van der Waals surface area contributed by atoms with E-state index in [1.165, 1.54) is 44.9 Å². The molecule has 0 saturated heterocycles. The minimum absolute atomic E-state index is 0.0702. The van der Waals surface area contributed by atoms with E-state index in [9.17, 15) is 4.79 Å². The number of hydrogen-bond acceptors (Lipinski definition) is 3. The van der Waals surface area contributed by atoms with Crippen molar-refractivity contribution >= 4 is 6.09 Å². The molecule has 2 N–H and O–H groups in total. The second kappa shape index (κ2) is 11.0. The summed E-state index contributed by atoms with van der Waals surface area (Å²) in [7, 11) is 0. The average Bonchev–Trinajstić information content (AvgIpc) is 2.30. The van der Waals surface area contributed by atoms with Crippen LogP contribution in [-0.4, -0.2) is 30.0 Å². The molecule has 1 aliphatic carbocycles. The molecule has 0 aromatic carbocycles. The maximum absolute atomic E-state index is 10.8. The average molecular weight is 287 g/mol. The smallest absolute Gasteiger partial charge is 0.407 e. The molecular formula is C16H33NO3. The van der Waals surface area contributed by atoms with E-state index in [0.717, 1.165) is 5.92 Å². The minimum Gasteiger partial charge on any atom is -0.444 e. The van der Waals surface area contributed by atoms with Gasteiger partial charge in [-0.1, -0.05) is 51.9 Å². The van der Waals surface area contributed by atoms with Crippen LogP contribution in [0.4, 0.5) is 4.79 Å². The van der Waals surface area contributed by atoms with Gasteiger partial charge in [-0.05, 0) is 26.7 Å². The standard InChI is InChI=1S/C9H18.C7H15NO3/c1-9-7-5-3-2-4-6-8-9;1-7(2,3)11-6(10)8-4-5-9/h9H,2-8H2,1H3;9H,4-5H2,1-3H3,(H,8,10). The van der Waals surface area contributed by atoms with Gasteiger partial charge in [-0.15, -0.1) is 0 Å². The Bertz CT molecular complexity index is 241. The summed E-state index contributed by atoms with van der Waals surface area (Å²) in [6.45, 7) is 7.90. The molecule has 1 fully saturated rings. The monoisotopic (exact) mass is 287 g/mol. The molecule has 1 saturated carbocycles. The third-order valence-electron chi connectivity index (χ3n) is 3.17. The Morgan fingerprint density at radius 3 is 2.10 bits per heavy atom. The Kier molecular flexibility index (Phi) is 10.5. The zero-order valence-corrected chi connectivity index (χ0v) is 13.7. The van der Waals surface area contributed by atoms with E-state index in [-0.39, 0.29) is 13.2 Å². The molecule has 0 atom stereocenters. The molecule has 1 aliphatic rings. The van der Waals surface area contributed by atoms with Gasteiger partial charge in [0.1, 0.15) is 5.60 Å². The third kappa shape index (κ3) is 13.7. The predicted octanol–water partition coefficient (Wildman–Crippen LogP) is 3.87. The number of aliphatic hydroxyl groups excluding tert-OH is 1. The van der Waals surface area contributed by atoms with E-state index in [0.29, 0.717) is 0 Å². The highest BCUT2D eigenvalue weighted by Gasteiger charge is 2.14. The fourth-order valence-corrected chi connectivity index (χ4v) is 2.13. The van der Waals surface area contributed by atoms with Crippen LogP contribution >= 0.6 is 0 Å². The SMILES string of the molecule is CC(C)(C)OC(=O)NCCO.CC1CCCCCCC1. The lowest BCUT2D eigenvalue weighted by Gasteiger charge is -2.19. The van der Waals surface area contributed by atoms with Gasteiger partial charge in [0.2, 0.25) is 0 Å². The molecule has 20 heavy (non-hydrogen) atoms. The van der Waals surface area contributed by atoms with Gasteiger partial charge in [0.25, 0.3) is 0 Å². The van der Waals surface area contributed by atoms with Crippen molar-refractivity contribution in [1.29, 1.82) is 0 Å². The van der Waals surface area contributed by atoms with Crippen LogP contribution in [0.15, 0.2) is 0 Å². The fraction of sp³-hybridized carbons (Fsp3) is 0.938. The zero-order chi connectivity index (χ0) is 15.4. The molecule has 0 aromatic rings. The summed E-state index contributed by atoms with van der Waals surface area (Å²) >= 11 is 0. The molecule has 0 spiro atoms. The van der Waals surface area contributed by atoms with Gasteiger partial charge in [0.05, 0.1) is 6.61 Å². The summed E-state index contributed by atoms with van der Waals surface area (Å²) in [4.78, 5) is 10.8. The normalized spacial score (nSPS) is 17.2. The summed E-state index contributed by atoms with van der Waals surface area (Å²) in [5, 5.41) is 10.7. The van der Waals surface area contributed by atoms with E-state index in [1.807, 2.05) is 0 Å². The molecule has 1 rings (SSSR count). The Morgan fingerprint density at radius 2 is 1.65 bits per heavy atom. The van der Waals surface area contributed by atoms with Crippen LogP contribution in [0.1, 0.15) is 72.6 Å². The fourth-order valence-electron chi connectivity index (χ4n) is 2.13. The third-order valence-corrected chi connectivity index (χ3v) is 3.17. The molecule has 0 unspecified atom stereocenters. The molecule has 0 aromatic heterocycles. The lowest BCUT2D eigenvalue weighted by Crippen LogP contribution is -2.33. The van der Waals surface area contributed by atoms with Gasteiger partial charge in [0.15, 0.2) is 0 Å². The van der Waals surface area contributed by atoms with Crippen molar-refractivity contribution in [2.45, 2.75) is 78.2 Å². The first-order valence-electron chi connectivity index (χ1n) is 7.93. The van der Waals surface area contributed by atoms with E-state index in [4.69, 9.17) is 9.84 Å². The second-order valence-corrected chi connectivity index (χ2v) is 6.60. The zero-order valence-electron chi connectivity index (χ0n) is 13.7. The first kappa shape index (κ1) is 19.2. The molecule has 4 heteroatoms. The number of nitrogens with one attached hydrogen (secondary N) is 1. The number of rotatable bonds is 2. The summed E-state index contributed by atoms with van der Waals surface area (Å²) in [6.07, 6.45) is 9.93. The largest absolute Gasteiger partial charge is 0.444 e. The van der Waals surface area contributed by atoms with Crippen LogP contribution in [0.3, 0.4) is 0 Å². The van der Waals surface area contributed by atoms with Crippen LogP contribution < -0.4 is 5.32 Å². The summed E-state index contributed by atoms with van der Waals surface area (Å²) in [5.74, 6) is 1.02. The second-order valence-electron chi connectivity index (χ2n) is 6.60. The number of aliphatic hydroxyl groups is 1. The van der Waals surface area contributed by atoms with Crippen LogP contribution in [0, 0.1) is 5.92 Å². The number of ether oxygens (including phenoxy) is 1. The molecule has 120 valence electrons. The van der Waals surface area contributed by atoms with Gasteiger partial charge in [-0.3, -0.25) is 0 Å². The Hall–Kier alpha value is -0.770. The lowest BCUT2D eigenvalue weighted by molar-refractivity contribution is 0.0518. The first-order chi connectivity index (χ1) is 9.35. The molecule has 0 aliphatic heterocycles. The van der Waals surface area contributed by atoms with Gasteiger partial charge >= 0.3 is 6.09 Å². The lowest BCUT2D eigenvalue weighted by atomic mass is 9.93. The highest BCUT2D eigenvalue weighted by Crippen LogP contribution is 2.20. The minimum atomic E-state index is -0.494. The summed E-state index contributed by atoms with van der Waals surface area (Å²) in [5.41, 5.74) is -0.473. The number of alkyl carbamates (subject to hydrolysis) is 1. The van der Waals surface area contributed by atoms with Gasteiger partial charge < -0.3 is 15.2 Å². The van der Waals surface area contributed by atoms with Gasteiger partial charge in [-0.2, -0.15) is 0 Å².